The van der Waals surface area contributed by atoms with Crippen LogP contribution < -0.4 is 0 Å². The summed E-state index contributed by atoms with van der Waals surface area (Å²) >= 11 is 0. The molecule has 1 N–H and O–H groups in total. The van der Waals surface area contributed by atoms with Gasteiger partial charge in [0, 0.05) is 0 Å². The van der Waals surface area contributed by atoms with E-state index in [0.29, 0.717) is 10.8 Å². The smallest absolute Gasteiger partial charge is 0.0543 e. The summed E-state index contributed by atoms with van der Waals surface area (Å²) in [7, 11) is 0. The van der Waals surface area contributed by atoms with Crippen molar-refractivity contribution in [3.63, 3.8) is 0 Å². The third kappa shape index (κ3) is 3.58. The fourth-order valence-corrected chi connectivity index (χ4v) is 9.03. The lowest BCUT2D eigenvalue weighted by atomic mass is 9.44. The van der Waals surface area contributed by atoms with Gasteiger partial charge in [0.05, 0.1) is 6.10 Å². The van der Waals surface area contributed by atoms with Crippen LogP contribution in [0.15, 0.2) is 24.3 Å². The molecule has 0 spiro atoms. The number of hydrogen-bond acceptors (Lipinski definition) is 1. The Labute approximate surface area is 180 Å². The number of hydrogen-bond donors (Lipinski definition) is 1. The highest BCUT2D eigenvalue weighted by molar-refractivity contribution is 5.22. The van der Waals surface area contributed by atoms with Crippen molar-refractivity contribution in [2.24, 2.45) is 46.3 Å². The number of aliphatic hydroxyl groups excluding tert-OH is 1. The molecule has 29 heavy (non-hydrogen) atoms. The summed E-state index contributed by atoms with van der Waals surface area (Å²) in [5.41, 5.74) is 3.48. The molecule has 1 heteroatoms. The van der Waals surface area contributed by atoms with Crippen molar-refractivity contribution in [1.29, 1.82) is 0 Å². The van der Waals surface area contributed by atoms with Crippen LogP contribution in [0.2, 0.25) is 0 Å². The van der Waals surface area contributed by atoms with Crippen molar-refractivity contribution in [2.75, 3.05) is 0 Å². The van der Waals surface area contributed by atoms with Crippen molar-refractivity contribution in [1.82, 2.24) is 0 Å². The summed E-state index contributed by atoms with van der Waals surface area (Å²) in [6.45, 7) is 18.2. The van der Waals surface area contributed by atoms with Crippen LogP contribution in [0.25, 0.3) is 0 Å². The minimum absolute atomic E-state index is 0.0239. The van der Waals surface area contributed by atoms with Crippen molar-refractivity contribution in [3.05, 3.63) is 24.3 Å². The lowest BCUT2D eigenvalue weighted by molar-refractivity contribution is -0.129. The Hall–Kier alpha value is -0.560. The Kier molecular flexibility index (Phi) is 5.86. The summed E-state index contributed by atoms with van der Waals surface area (Å²) in [6.07, 6.45) is 14.4. The van der Waals surface area contributed by atoms with Crippen LogP contribution in [-0.4, -0.2) is 11.2 Å². The lowest BCUT2D eigenvalue weighted by Gasteiger charge is -2.61. The zero-order valence-electron chi connectivity index (χ0n) is 19.7. The highest BCUT2D eigenvalue weighted by atomic mass is 16.3. The van der Waals surface area contributed by atoms with Crippen molar-refractivity contribution in [3.8, 4) is 0 Å². The fourth-order valence-electron chi connectivity index (χ4n) is 9.03. The van der Waals surface area contributed by atoms with Gasteiger partial charge in [-0.2, -0.15) is 0 Å². The summed E-state index contributed by atoms with van der Waals surface area (Å²) in [6, 6.07) is 0. The molecule has 1 nitrogen and oxygen atoms in total. The molecule has 2 unspecified atom stereocenters. The minimum Gasteiger partial charge on any atom is -0.393 e. The topological polar surface area (TPSA) is 20.2 Å². The van der Waals surface area contributed by atoms with Crippen LogP contribution in [0.4, 0.5) is 0 Å². The first-order valence-corrected chi connectivity index (χ1v) is 12.7. The molecule has 4 fully saturated rings. The van der Waals surface area contributed by atoms with Crippen LogP contribution in [-0.2, 0) is 0 Å². The molecule has 9 atom stereocenters. The van der Waals surface area contributed by atoms with Gasteiger partial charge in [-0.25, -0.2) is 0 Å². The summed E-state index contributed by atoms with van der Waals surface area (Å²) in [4.78, 5) is 0. The second-order valence-corrected chi connectivity index (χ2v) is 12.2. The Morgan fingerprint density at radius 1 is 0.966 bits per heavy atom. The summed E-state index contributed by atoms with van der Waals surface area (Å²) < 4.78 is 0. The largest absolute Gasteiger partial charge is 0.393 e. The Bertz CT molecular complexity index is 649. The zero-order valence-corrected chi connectivity index (χ0v) is 19.7. The van der Waals surface area contributed by atoms with Crippen LogP contribution in [0.1, 0.15) is 98.3 Å². The highest BCUT2D eigenvalue weighted by Crippen LogP contribution is 2.68. The quantitative estimate of drug-likeness (QED) is 0.474. The minimum atomic E-state index is -0.0239. The Morgan fingerprint density at radius 2 is 1.66 bits per heavy atom. The fraction of sp³-hybridized carbons (Fsp3) is 0.857. The first-order valence-electron chi connectivity index (χ1n) is 12.7. The molecule has 164 valence electrons. The lowest BCUT2D eigenvalue weighted by Crippen LogP contribution is -2.54. The zero-order chi connectivity index (χ0) is 21.0. The van der Waals surface area contributed by atoms with Gasteiger partial charge in [0.15, 0.2) is 0 Å². The van der Waals surface area contributed by atoms with E-state index in [-0.39, 0.29) is 6.10 Å². The molecule has 4 aliphatic carbocycles. The first-order chi connectivity index (χ1) is 13.7. The van der Waals surface area contributed by atoms with E-state index >= 15 is 0 Å². The predicted molar refractivity (Wildman–Crippen MR) is 124 cm³/mol. The van der Waals surface area contributed by atoms with Gasteiger partial charge < -0.3 is 5.11 Å². The van der Waals surface area contributed by atoms with Crippen molar-refractivity contribution in [2.45, 2.75) is 104 Å². The molecule has 4 saturated carbocycles. The molecule has 0 aliphatic heterocycles. The van der Waals surface area contributed by atoms with Gasteiger partial charge in [-0.15, -0.1) is 0 Å². The van der Waals surface area contributed by atoms with Gasteiger partial charge in [-0.1, -0.05) is 45.1 Å². The van der Waals surface area contributed by atoms with E-state index in [4.69, 9.17) is 0 Å². The molecule has 0 aromatic rings. The van der Waals surface area contributed by atoms with Gasteiger partial charge in [0.1, 0.15) is 0 Å². The second-order valence-electron chi connectivity index (χ2n) is 12.2. The van der Waals surface area contributed by atoms with E-state index in [9.17, 15) is 5.11 Å². The normalized spacial score (nSPS) is 47.6. The van der Waals surface area contributed by atoms with E-state index in [0.717, 1.165) is 60.3 Å². The first kappa shape index (κ1) is 21.7. The van der Waals surface area contributed by atoms with Gasteiger partial charge >= 0.3 is 0 Å². The molecule has 0 aromatic carbocycles. The standard InChI is InChI=1S/C28H46O/c1-18(2)19(3)7-8-20(4)24-11-12-25-23-10-9-21-17-22(29)13-15-27(21,5)26(23)14-16-28(24,25)6/h20-26,29H,1,3,7-17H2,2,4-6H3/t20-,21?,22?,23+,24-,25+,26+,27+,28-/m1/s1. The number of fused-ring (bicyclic) bond motifs is 5. The monoisotopic (exact) mass is 398 g/mol. The Morgan fingerprint density at radius 3 is 2.38 bits per heavy atom. The second kappa shape index (κ2) is 7.85. The summed E-state index contributed by atoms with van der Waals surface area (Å²) in [5.74, 6) is 5.29. The van der Waals surface area contributed by atoms with Crippen molar-refractivity contribution < 1.29 is 5.11 Å². The molecule has 4 aliphatic rings. The number of rotatable bonds is 5. The molecule has 0 radical (unpaired) electrons. The highest BCUT2D eigenvalue weighted by Gasteiger charge is 2.60. The molecular formula is C28H46O. The van der Waals surface area contributed by atoms with E-state index in [1.54, 1.807) is 0 Å². The van der Waals surface area contributed by atoms with Gasteiger partial charge in [-0.3, -0.25) is 0 Å². The Balaban J connectivity index is 1.47. The predicted octanol–water partition coefficient (Wildman–Crippen LogP) is 7.55. The maximum Gasteiger partial charge on any atom is 0.0543 e. The third-order valence-corrected chi connectivity index (χ3v) is 10.9. The van der Waals surface area contributed by atoms with Crippen molar-refractivity contribution >= 4 is 0 Å². The van der Waals surface area contributed by atoms with Crippen LogP contribution >= 0.6 is 0 Å². The molecule has 0 aromatic heterocycles. The van der Waals surface area contributed by atoms with E-state index < -0.39 is 0 Å². The maximum atomic E-state index is 10.3. The van der Waals surface area contributed by atoms with Crippen LogP contribution in [0.5, 0.6) is 0 Å². The third-order valence-electron chi connectivity index (χ3n) is 10.9. The van der Waals surface area contributed by atoms with E-state index in [2.05, 4.69) is 40.9 Å². The molecule has 0 bridgehead atoms. The molecule has 4 rings (SSSR count). The maximum absolute atomic E-state index is 10.3. The van der Waals surface area contributed by atoms with E-state index in [1.807, 2.05) is 0 Å². The van der Waals surface area contributed by atoms with Crippen LogP contribution in [0.3, 0.4) is 0 Å². The number of aliphatic hydroxyl groups is 1. The molecule has 0 saturated heterocycles. The van der Waals surface area contributed by atoms with Gasteiger partial charge in [0.2, 0.25) is 0 Å². The number of allylic oxidation sites excluding steroid dienone is 2. The van der Waals surface area contributed by atoms with Gasteiger partial charge in [0.25, 0.3) is 0 Å². The molecule has 0 amide bonds. The average molecular weight is 399 g/mol. The summed E-state index contributed by atoms with van der Waals surface area (Å²) in [5, 5.41) is 10.3. The van der Waals surface area contributed by atoms with Crippen LogP contribution in [0, 0.1) is 46.3 Å². The average Bonchev–Trinajstić information content (AvgIpc) is 3.03. The molecule has 0 heterocycles. The van der Waals surface area contributed by atoms with E-state index in [1.165, 1.54) is 56.9 Å². The van der Waals surface area contributed by atoms with Gasteiger partial charge in [-0.05, 0) is 124 Å². The SMILES string of the molecule is C=C(C)C(=C)CC[C@@H](C)[C@H]1CC[C@H]2[C@@H]3CCC4CC(O)CC[C@]4(C)[C@H]3CC[C@]12C. The molecular weight excluding hydrogens is 352 g/mol.